The number of aliphatic imine (C=N–C) groups is 2. The van der Waals surface area contributed by atoms with Crippen LogP contribution in [-0.2, 0) is 9.47 Å². The average molecular weight is 418 g/mol. The molecule has 0 aromatic heterocycles. The topological polar surface area (TPSA) is 43.2 Å². The van der Waals surface area contributed by atoms with Gasteiger partial charge in [0, 0.05) is 11.1 Å². The Morgan fingerprint density at radius 1 is 0.438 bits per heavy atom. The van der Waals surface area contributed by atoms with Crippen LogP contribution in [0, 0.1) is 0 Å². The van der Waals surface area contributed by atoms with Crippen molar-refractivity contribution in [1.29, 1.82) is 0 Å². The maximum Gasteiger partial charge on any atom is 0.278 e. The Kier molecular flexibility index (Phi) is 5.75. The molecule has 0 saturated carbocycles. The van der Waals surface area contributed by atoms with Gasteiger partial charge in [-0.05, 0) is 23.3 Å². The maximum absolute atomic E-state index is 5.90. The molecule has 4 heteroatoms. The molecule has 0 atom stereocenters. The van der Waals surface area contributed by atoms with Crippen LogP contribution in [0.3, 0.4) is 0 Å². The first-order valence-electron chi connectivity index (χ1n) is 10.6. The molecule has 1 fully saturated rings. The van der Waals surface area contributed by atoms with Gasteiger partial charge in [-0.2, -0.15) is 0 Å². The lowest BCUT2D eigenvalue weighted by Gasteiger charge is -2.19. The van der Waals surface area contributed by atoms with Gasteiger partial charge < -0.3 is 9.47 Å². The van der Waals surface area contributed by atoms with Gasteiger partial charge in [0.05, 0.1) is 11.4 Å². The van der Waals surface area contributed by atoms with E-state index in [0.717, 1.165) is 33.6 Å². The number of benzene rings is 4. The zero-order valence-electron chi connectivity index (χ0n) is 17.5. The normalized spacial score (nSPS) is 15.9. The molecule has 1 heterocycles. The fourth-order valence-electron chi connectivity index (χ4n) is 3.65. The molecule has 0 bridgehead atoms. The monoisotopic (exact) mass is 418 g/mol. The van der Waals surface area contributed by atoms with E-state index in [0.29, 0.717) is 25.0 Å². The lowest BCUT2D eigenvalue weighted by molar-refractivity contribution is 0.173. The quantitative estimate of drug-likeness (QED) is 0.365. The third kappa shape index (κ3) is 4.30. The molecule has 0 radical (unpaired) electrons. The summed E-state index contributed by atoms with van der Waals surface area (Å²) in [6, 6.07) is 36.4. The standard InChI is InChI=1S/C28H22N2O2/c1-3-11-21(12-4-1)23-15-7-9-17-25(23)29-27-28(32-20-19-31-27)30-26-18-10-8-16-24(26)22-13-5-2-6-14-22/h1-18H,19-20H2. The molecular formula is C28H22N2O2. The highest BCUT2D eigenvalue weighted by Crippen LogP contribution is 2.32. The molecular weight excluding hydrogens is 396 g/mol. The van der Waals surface area contributed by atoms with Gasteiger partial charge in [-0.25, -0.2) is 9.98 Å². The number of para-hydroxylation sites is 2. The molecule has 32 heavy (non-hydrogen) atoms. The predicted octanol–water partition coefficient (Wildman–Crippen LogP) is 6.83. The zero-order chi connectivity index (χ0) is 21.6. The lowest BCUT2D eigenvalue weighted by Crippen LogP contribution is -2.29. The van der Waals surface area contributed by atoms with Crippen LogP contribution >= 0.6 is 0 Å². The van der Waals surface area contributed by atoms with Gasteiger partial charge in [0.15, 0.2) is 0 Å². The first-order chi connectivity index (χ1) is 15.9. The first-order valence-corrected chi connectivity index (χ1v) is 10.6. The van der Waals surface area contributed by atoms with Gasteiger partial charge in [0.1, 0.15) is 13.2 Å². The number of ether oxygens (including phenoxy) is 2. The zero-order valence-corrected chi connectivity index (χ0v) is 17.5. The molecule has 4 aromatic carbocycles. The third-order valence-corrected chi connectivity index (χ3v) is 5.17. The van der Waals surface area contributed by atoms with Crippen LogP contribution in [-0.4, -0.2) is 25.0 Å². The lowest BCUT2D eigenvalue weighted by atomic mass is 10.0. The summed E-state index contributed by atoms with van der Waals surface area (Å²) in [6.07, 6.45) is 0. The molecule has 0 N–H and O–H groups in total. The van der Waals surface area contributed by atoms with Crippen molar-refractivity contribution in [3.8, 4) is 22.3 Å². The smallest absolute Gasteiger partial charge is 0.278 e. The Labute approximate surface area is 187 Å². The van der Waals surface area contributed by atoms with Gasteiger partial charge >= 0.3 is 0 Å². The highest BCUT2D eigenvalue weighted by atomic mass is 16.6. The van der Waals surface area contributed by atoms with Crippen molar-refractivity contribution in [2.45, 2.75) is 0 Å². The van der Waals surface area contributed by atoms with E-state index in [2.05, 4.69) is 36.4 Å². The average Bonchev–Trinajstić information content (AvgIpc) is 2.87. The molecule has 4 nitrogen and oxygen atoms in total. The summed E-state index contributed by atoms with van der Waals surface area (Å²) in [7, 11) is 0. The van der Waals surface area contributed by atoms with E-state index in [1.54, 1.807) is 0 Å². The molecule has 0 aliphatic carbocycles. The highest BCUT2D eigenvalue weighted by molar-refractivity contribution is 6.36. The molecule has 156 valence electrons. The predicted molar refractivity (Wildman–Crippen MR) is 130 cm³/mol. The summed E-state index contributed by atoms with van der Waals surface area (Å²) in [5.41, 5.74) is 5.86. The SMILES string of the molecule is c1ccc(-c2ccccc2N=C2OCCOC2=Nc2ccccc2-c2ccccc2)cc1. The number of nitrogens with zero attached hydrogens (tertiary/aromatic N) is 2. The summed E-state index contributed by atoms with van der Waals surface area (Å²) in [5, 5.41) is 0. The first kappa shape index (κ1) is 19.8. The molecule has 0 amide bonds. The van der Waals surface area contributed by atoms with Crippen LogP contribution in [0.2, 0.25) is 0 Å². The number of hydrogen-bond acceptors (Lipinski definition) is 4. The van der Waals surface area contributed by atoms with Crippen molar-refractivity contribution in [3.05, 3.63) is 109 Å². The Morgan fingerprint density at radius 2 is 0.812 bits per heavy atom. The Bertz CT molecular complexity index is 1160. The summed E-state index contributed by atoms with van der Waals surface area (Å²) in [4.78, 5) is 9.63. The van der Waals surface area contributed by atoms with Gasteiger partial charge in [0.25, 0.3) is 11.8 Å². The number of rotatable bonds is 4. The van der Waals surface area contributed by atoms with Crippen molar-refractivity contribution in [2.75, 3.05) is 13.2 Å². The Morgan fingerprint density at radius 3 is 1.25 bits per heavy atom. The van der Waals surface area contributed by atoms with Gasteiger partial charge in [-0.3, -0.25) is 0 Å². The summed E-state index contributed by atoms with van der Waals surface area (Å²) in [5.74, 6) is 0.782. The van der Waals surface area contributed by atoms with Crippen LogP contribution in [0.4, 0.5) is 11.4 Å². The van der Waals surface area contributed by atoms with E-state index < -0.39 is 0 Å². The van der Waals surface area contributed by atoms with Gasteiger partial charge in [-0.15, -0.1) is 0 Å². The second-order valence-corrected chi connectivity index (χ2v) is 7.30. The maximum atomic E-state index is 5.90. The van der Waals surface area contributed by atoms with Crippen LogP contribution in [0.5, 0.6) is 0 Å². The fraction of sp³-hybridized carbons (Fsp3) is 0.0714. The van der Waals surface area contributed by atoms with E-state index in [4.69, 9.17) is 19.5 Å². The molecule has 1 aliphatic rings. The molecule has 1 aliphatic heterocycles. The number of hydrogen-bond donors (Lipinski definition) is 0. The van der Waals surface area contributed by atoms with Crippen molar-refractivity contribution < 1.29 is 9.47 Å². The Balaban J connectivity index is 1.56. The molecule has 0 unspecified atom stereocenters. The summed E-state index contributed by atoms with van der Waals surface area (Å²) < 4.78 is 11.8. The summed E-state index contributed by atoms with van der Waals surface area (Å²) in [6.45, 7) is 0.872. The molecule has 5 rings (SSSR count). The van der Waals surface area contributed by atoms with Crippen molar-refractivity contribution in [3.63, 3.8) is 0 Å². The largest absolute Gasteiger partial charge is 0.470 e. The Hall–Kier alpha value is -4.18. The van der Waals surface area contributed by atoms with Gasteiger partial charge in [-0.1, -0.05) is 97.1 Å². The minimum atomic E-state index is 0.391. The van der Waals surface area contributed by atoms with Crippen LogP contribution in [0.15, 0.2) is 119 Å². The minimum absolute atomic E-state index is 0.391. The molecule has 0 spiro atoms. The van der Waals surface area contributed by atoms with E-state index in [-0.39, 0.29) is 0 Å². The van der Waals surface area contributed by atoms with Crippen molar-refractivity contribution in [1.82, 2.24) is 0 Å². The van der Waals surface area contributed by atoms with Crippen LogP contribution in [0.25, 0.3) is 22.3 Å². The molecule has 4 aromatic rings. The van der Waals surface area contributed by atoms with E-state index in [9.17, 15) is 0 Å². The van der Waals surface area contributed by atoms with E-state index in [1.165, 1.54) is 0 Å². The minimum Gasteiger partial charge on any atom is -0.470 e. The van der Waals surface area contributed by atoms with Crippen LogP contribution < -0.4 is 0 Å². The van der Waals surface area contributed by atoms with Crippen molar-refractivity contribution in [2.24, 2.45) is 9.98 Å². The summed E-state index contributed by atoms with van der Waals surface area (Å²) >= 11 is 0. The third-order valence-electron chi connectivity index (χ3n) is 5.17. The van der Waals surface area contributed by atoms with E-state index >= 15 is 0 Å². The van der Waals surface area contributed by atoms with Gasteiger partial charge in [0.2, 0.25) is 0 Å². The molecule has 1 saturated heterocycles. The fourth-order valence-corrected chi connectivity index (χ4v) is 3.65. The second-order valence-electron chi connectivity index (χ2n) is 7.30. The van der Waals surface area contributed by atoms with Crippen molar-refractivity contribution >= 4 is 23.2 Å². The van der Waals surface area contributed by atoms with Crippen LogP contribution in [0.1, 0.15) is 0 Å². The van der Waals surface area contributed by atoms with E-state index in [1.807, 2.05) is 72.8 Å². The second kappa shape index (κ2) is 9.31. The highest BCUT2D eigenvalue weighted by Gasteiger charge is 2.20.